The number of furan rings is 1. The van der Waals surface area contributed by atoms with Crippen LogP contribution in [0.15, 0.2) is 46.9 Å². The number of nitrogens with zero attached hydrogens (tertiary/aromatic N) is 1. The van der Waals surface area contributed by atoms with E-state index in [0.717, 1.165) is 30.2 Å². The van der Waals surface area contributed by atoms with Gasteiger partial charge in [-0.1, -0.05) is 30.3 Å². The van der Waals surface area contributed by atoms with E-state index < -0.39 is 0 Å². The summed E-state index contributed by atoms with van der Waals surface area (Å²) < 4.78 is 11.4. The molecule has 4 rings (SSSR count). The van der Waals surface area contributed by atoms with Crippen molar-refractivity contribution in [2.45, 2.75) is 19.0 Å². The molecule has 3 atom stereocenters. The molecule has 2 aliphatic rings. The Labute approximate surface area is 165 Å². The number of morpholine rings is 1. The van der Waals surface area contributed by atoms with E-state index in [1.54, 1.807) is 0 Å². The zero-order valence-electron chi connectivity index (χ0n) is 16.2. The van der Waals surface area contributed by atoms with Gasteiger partial charge in [-0.05, 0) is 24.6 Å². The summed E-state index contributed by atoms with van der Waals surface area (Å²) in [5.74, 6) is 1.66. The lowest BCUT2D eigenvalue weighted by Crippen LogP contribution is -2.45. The van der Waals surface area contributed by atoms with Gasteiger partial charge in [0, 0.05) is 26.2 Å². The summed E-state index contributed by atoms with van der Waals surface area (Å²) in [5, 5.41) is 3.17. The lowest BCUT2D eigenvalue weighted by Gasteiger charge is -2.33. The van der Waals surface area contributed by atoms with Gasteiger partial charge in [-0.2, -0.15) is 0 Å². The van der Waals surface area contributed by atoms with Gasteiger partial charge in [-0.3, -0.25) is 15.1 Å². The highest BCUT2D eigenvalue weighted by Crippen LogP contribution is 2.26. The Balaban J connectivity index is 1.43. The van der Waals surface area contributed by atoms with Gasteiger partial charge < -0.3 is 14.5 Å². The van der Waals surface area contributed by atoms with Crippen LogP contribution in [0.1, 0.15) is 29.2 Å². The molecular weight excluding hydrogens is 356 g/mol. The van der Waals surface area contributed by atoms with Crippen LogP contribution in [0.2, 0.25) is 0 Å². The third-order valence-corrected chi connectivity index (χ3v) is 5.52. The van der Waals surface area contributed by atoms with Crippen molar-refractivity contribution in [1.29, 1.82) is 0 Å². The number of carbonyl (C=O) groups is 1. The SMILES string of the molecule is Cc1ccc(C(CNC(=O)C2CNNC2c2ccccc2)N2CCOCC2)o1. The lowest BCUT2D eigenvalue weighted by atomic mass is 9.94. The van der Waals surface area contributed by atoms with E-state index in [4.69, 9.17) is 9.15 Å². The number of benzene rings is 1. The number of hydrogen-bond donors (Lipinski definition) is 3. The first-order valence-corrected chi connectivity index (χ1v) is 9.91. The maximum Gasteiger partial charge on any atom is 0.226 e. The minimum atomic E-state index is -0.161. The quantitative estimate of drug-likeness (QED) is 0.701. The van der Waals surface area contributed by atoms with Gasteiger partial charge in [0.1, 0.15) is 11.5 Å². The van der Waals surface area contributed by atoms with Crippen molar-refractivity contribution in [3.8, 4) is 0 Å². The molecule has 7 heteroatoms. The highest BCUT2D eigenvalue weighted by atomic mass is 16.5. The second-order valence-electron chi connectivity index (χ2n) is 7.38. The normalized spacial score (nSPS) is 24.2. The van der Waals surface area contributed by atoms with Crippen LogP contribution in [0.5, 0.6) is 0 Å². The predicted molar refractivity (Wildman–Crippen MR) is 105 cm³/mol. The Morgan fingerprint density at radius 2 is 2.00 bits per heavy atom. The average molecular weight is 384 g/mol. The first kappa shape index (κ1) is 19.1. The van der Waals surface area contributed by atoms with Crippen LogP contribution in [0, 0.1) is 12.8 Å². The Hall–Kier alpha value is -2.19. The molecule has 3 N–H and O–H groups in total. The van der Waals surface area contributed by atoms with Crippen molar-refractivity contribution < 1.29 is 13.9 Å². The molecule has 3 unspecified atom stereocenters. The van der Waals surface area contributed by atoms with Crippen LogP contribution in [0.4, 0.5) is 0 Å². The molecule has 2 aliphatic heterocycles. The molecule has 0 spiro atoms. The molecule has 1 aromatic heterocycles. The Bertz CT molecular complexity index is 773. The summed E-state index contributed by atoms with van der Waals surface area (Å²) in [5.41, 5.74) is 7.48. The van der Waals surface area contributed by atoms with Crippen LogP contribution >= 0.6 is 0 Å². The van der Waals surface area contributed by atoms with Crippen LogP contribution in [-0.2, 0) is 9.53 Å². The molecule has 150 valence electrons. The number of hydrogen-bond acceptors (Lipinski definition) is 6. The first-order chi connectivity index (χ1) is 13.7. The maximum atomic E-state index is 13.0. The smallest absolute Gasteiger partial charge is 0.226 e. The molecule has 28 heavy (non-hydrogen) atoms. The van der Waals surface area contributed by atoms with E-state index in [2.05, 4.69) is 21.1 Å². The molecule has 7 nitrogen and oxygen atoms in total. The fraction of sp³-hybridized carbons (Fsp3) is 0.476. The Morgan fingerprint density at radius 3 is 2.71 bits per heavy atom. The summed E-state index contributed by atoms with van der Waals surface area (Å²) >= 11 is 0. The van der Waals surface area contributed by atoms with Gasteiger partial charge >= 0.3 is 0 Å². The minimum absolute atomic E-state index is 0.0130. The molecule has 2 aromatic rings. The zero-order chi connectivity index (χ0) is 19.3. The number of nitrogens with one attached hydrogen (secondary N) is 3. The predicted octanol–water partition coefficient (Wildman–Crippen LogP) is 1.54. The van der Waals surface area contributed by atoms with E-state index in [-0.39, 0.29) is 23.9 Å². The second kappa shape index (κ2) is 8.87. The minimum Gasteiger partial charge on any atom is -0.465 e. The van der Waals surface area contributed by atoms with E-state index in [1.807, 2.05) is 49.4 Å². The maximum absolute atomic E-state index is 13.0. The Kier molecular flexibility index (Phi) is 6.07. The summed E-state index contributed by atoms with van der Waals surface area (Å²) in [4.78, 5) is 15.3. The number of hydrazine groups is 1. The highest BCUT2D eigenvalue weighted by Gasteiger charge is 2.34. The monoisotopic (exact) mass is 384 g/mol. The molecular formula is C21H28N4O3. The van der Waals surface area contributed by atoms with Gasteiger partial charge in [-0.15, -0.1) is 0 Å². The molecule has 0 aliphatic carbocycles. The second-order valence-corrected chi connectivity index (χ2v) is 7.38. The third kappa shape index (κ3) is 4.28. The van der Waals surface area contributed by atoms with E-state index in [9.17, 15) is 4.79 Å². The number of amides is 1. The molecule has 2 fully saturated rings. The van der Waals surface area contributed by atoms with E-state index in [0.29, 0.717) is 26.3 Å². The molecule has 0 bridgehead atoms. The van der Waals surface area contributed by atoms with Crippen molar-refractivity contribution in [3.63, 3.8) is 0 Å². The van der Waals surface area contributed by atoms with Crippen LogP contribution in [0.25, 0.3) is 0 Å². The van der Waals surface area contributed by atoms with Gasteiger partial charge in [0.25, 0.3) is 0 Å². The van der Waals surface area contributed by atoms with Gasteiger partial charge in [0.15, 0.2) is 0 Å². The molecule has 2 saturated heterocycles. The largest absolute Gasteiger partial charge is 0.465 e. The fourth-order valence-electron chi connectivity index (χ4n) is 3.98. The molecule has 0 radical (unpaired) electrons. The fourth-order valence-corrected chi connectivity index (χ4v) is 3.98. The topological polar surface area (TPSA) is 78.8 Å². The molecule has 3 heterocycles. The standard InChI is InChI=1S/C21H28N4O3/c1-15-7-8-19(28-15)18(25-9-11-27-12-10-25)14-22-21(26)17-13-23-24-20(17)16-5-3-2-4-6-16/h2-8,17-18,20,23-24H,9-14H2,1H3,(H,22,26). The van der Waals surface area contributed by atoms with Gasteiger partial charge in [0.2, 0.25) is 5.91 Å². The summed E-state index contributed by atoms with van der Waals surface area (Å²) in [6.07, 6.45) is 0. The van der Waals surface area contributed by atoms with Crippen molar-refractivity contribution in [2.24, 2.45) is 5.92 Å². The number of carbonyl (C=O) groups excluding carboxylic acids is 1. The van der Waals surface area contributed by atoms with Crippen molar-refractivity contribution in [3.05, 3.63) is 59.5 Å². The van der Waals surface area contributed by atoms with Crippen LogP contribution in [-0.4, -0.2) is 50.2 Å². The highest BCUT2D eigenvalue weighted by molar-refractivity contribution is 5.80. The van der Waals surface area contributed by atoms with E-state index >= 15 is 0 Å². The summed E-state index contributed by atoms with van der Waals surface area (Å²) in [7, 11) is 0. The average Bonchev–Trinajstić information content (AvgIpc) is 3.39. The van der Waals surface area contributed by atoms with Crippen molar-refractivity contribution in [1.82, 2.24) is 21.1 Å². The molecule has 1 amide bonds. The number of aryl methyl sites for hydroxylation is 1. The van der Waals surface area contributed by atoms with Gasteiger partial charge in [0.05, 0.1) is 31.2 Å². The lowest BCUT2D eigenvalue weighted by molar-refractivity contribution is -0.125. The van der Waals surface area contributed by atoms with E-state index in [1.165, 1.54) is 0 Å². The Morgan fingerprint density at radius 1 is 1.21 bits per heavy atom. The summed E-state index contributed by atoms with van der Waals surface area (Å²) in [6, 6.07) is 14.0. The first-order valence-electron chi connectivity index (χ1n) is 9.91. The number of ether oxygens (including phenoxy) is 1. The molecule has 0 saturated carbocycles. The van der Waals surface area contributed by atoms with Crippen molar-refractivity contribution >= 4 is 5.91 Å². The molecule has 1 aromatic carbocycles. The van der Waals surface area contributed by atoms with Gasteiger partial charge in [-0.25, -0.2) is 5.43 Å². The third-order valence-electron chi connectivity index (χ3n) is 5.52. The van der Waals surface area contributed by atoms with Crippen LogP contribution < -0.4 is 16.2 Å². The zero-order valence-corrected chi connectivity index (χ0v) is 16.2. The summed E-state index contributed by atoms with van der Waals surface area (Å²) in [6.45, 7) is 6.14. The number of rotatable bonds is 6. The van der Waals surface area contributed by atoms with Crippen molar-refractivity contribution in [2.75, 3.05) is 39.4 Å². The van der Waals surface area contributed by atoms with Crippen LogP contribution in [0.3, 0.4) is 0 Å².